The number of hydrogen-bond donors (Lipinski definition) is 0. The highest BCUT2D eigenvalue weighted by molar-refractivity contribution is 5.53. The van der Waals surface area contributed by atoms with E-state index in [4.69, 9.17) is 14.2 Å². The van der Waals surface area contributed by atoms with Gasteiger partial charge in [0.05, 0.1) is 21.3 Å². The van der Waals surface area contributed by atoms with Gasteiger partial charge in [-0.3, -0.25) is 9.80 Å². The third-order valence-corrected chi connectivity index (χ3v) is 6.33. The zero-order valence-electron chi connectivity index (χ0n) is 17.8. The van der Waals surface area contributed by atoms with Gasteiger partial charge in [0.15, 0.2) is 11.5 Å². The first-order valence-electron chi connectivity index (χ1n) is 10.5. The first-order chi connectivity index (χ1) is 14.2. The molecule has 0 spiro atoms. The molecule has 0 N–H and O–H groups in total. The van der Waals surface area contributed by atoms with Crippen molar-refractivity contribution in [1.82, 2.24) is 9.80 Å². The Morgan fingerprint density at radius 1 is 0.897 bits per heavy atom. The number of rotatable bonds is 7. The fourth-order valence-electron chi connectivity index (χ4n) is 4.88. The average molecular weight is 397 g/mol. The maximum atomic E-state index is 5.57. The van der Waals surface area contributed by atoms with Crippen molar-refractivity contribution in [3.8, 4) is 17.2 Å². The zero-order valence-corrected chi connectivity index (χ0v) is 17.8. The van der Waals surface area contributed by atoms with Crippen molar-refractivity contribution < 1.29 is 14.2 Å². The van der Waals surface area contributed by atoms with E-state index >= 15 is 0 Å². The maximum absolute atomic E-state index is 5.57. The van der Waals surface area contributed by atoms with Gasteiger partial charge in [-0.1, -0.05) is 30.3 Å². The number of hydrogen-bond acceptors (Lipinski definition) is 5. The van der Waals surface area contributed by atoms with E-state index in [0.29, 0.717) is 17.8 Å². The van der Waals surface area contributed by atoms with E-state index in [-0.39, 0.29) is 0 Å². The van der Waals surface area contributed by atoms with Gasteiger partial charge < -0.3 is 14.2 Å². The third-order valence-electron chi connectivity index (χ3n) is 6.33. The Morgan fingerprint density at radius 3 is 2.28 bits per heavy atom. The molecule has 0 amide bonds. The van der Waals surface area contributed by atoms with Gasteiger partial charge in [0.25, 0.3) is 0 Å². The fraction of sp³-hybridized carbons (Fsp3) is 0.500. The summed E-state index contributed by atoms with van der Waals surface area (Å²) in [6, 6.07) is 16.2. The van der Waals surface area contributed by atoms with Crippen LogP contribution < -0.4 is 14.2 Å². The van der Waals surface area contributed by atoms with Crippen molar-refractivity contribution in [1.29, 1.82) is 0 Å². The Hall–Kier alpha value is -2.24. The summed E-state index contributed by atoms with van der Waals surface area (Å²) in [5.41, 5.74) is 2.61. The largest absolute Gasteiger partial charge is 0.493 e. The maximum Gasteiger partial charge on any atom is 0.203 e. The predicted octanol–water partition coefficient (Wildman–Crippen LogP) is 3.60. The van der Waals surface area contributed by atoms with Crippen molar-refractivity contribution in [2.75, 3.05) is 41.0 Å². The van der Waals surface area contributed by atoms with E-state index in [1.807, 2.05) is 0 Å². The molecule has 5 heteroatoms. The molecule has 2 aromatic rings. The monoisotopic (exact) mass is 396 g/mol. The Bertz CT molecular complexity index is 786. The normalized spacial score (nSPS) is 22.3. The van der Waals surface area contributed by atoms with E-state index in [9.17, 15) is 0 Å². The van der Waals surface area contributed by atoms with Crippen LogP contribution in [0, 0.1) is 0 Å². The lowest BCUT2D eigenvalue weighted by atomic mass is 9.99. The van der Waals surface area contributed by atoms with Gasteiger partial charge in [-0.15, -0.1) is 0 Å². The molecule has 2 heterocycles. The number of fused-ring (bicyclic) bond motifs is 1. The fourth-order valence-corrected chi connectivity index (χ4v) is 4.88. The van der Waals surface area contributed by atoms with Crippen LogP contribution in [0.15, 0.2) is 42.5 Å². The molecule has 0 saturated carbocycles. The lowest BCUT2D eigenvalue weighted by Gasteiger charge is -2.44. The second-order valence-corrected chi connectivity index (χ2v) is 8.10. The minimum atomic E-state index is 0.505. The number of ether oxygens (including phenoxy) is 3. The van der Waals surface area contributed by atoms with Gasteiger partial charge in [0, 0.05) is 31.7 Å². The summed E-state index contributed by atoms with van der Waals surface area (Å²) in [6.07, 6.45) is 3.71. The third kappa shape index (κ3) is 4.36. The molecule has 2 aromatic carbocycles. The van der Waals surface area contributed by atoms with Gasteiger partial charge in [0.1, 0.15) is 0 Å². The summed E-state index contributed by atoms with van der Waals surface area (Å²) in [4.78, 5) is 5.35. The summed E-state index contributed by atoms with van der Waals surface area (Å²) in [6.45, 7) is 4.39. The summed E-state index contributed by atoms with van der Waals surface area (Å²) in [7, 11) is 5.00. The Balaban J connectivity index is 1.58. The van der Waals surface area contributed by atoms with Crippen LogP contribution in [-0.2, 0) is 13.0 Å². The molecule has 2 aliphatic rings. The van der Waals surface area contributed by atoms with Gasteiger partial charge in [-0.2, -0.15) is 0 Å². The van der Waals surface area contributed by atoms with E-state index in [0.717, 1.165) is 37.6 Å². The van der Waals surface area contributed by atoms with Crippen LogP contribution >= 0.6 is 0 Å². The minimum absolute atomic E-state index is 0.505. The minimum Gasteiger partial charge on any atom is -0.493 e. The molecular weight excluding hydrogens is 364 g/mol. The van der Waals surface area contributed by atoms with Crippen LogP contribution in [0.1, 0.15) is 24.0 Å². The lowest BCUT2D eigenvalue weighted by molar-refractivity contribution is 0.0455. The highest BCUT2D eigenvalue weighted by atomic mass is 16.5. The van der Waals surface area contributed by atoms with E-state index in [1.165, 1.54) is 30.5 Å². The first-order valence-corrected chi connectivity index (χ1v) is 10.5. The molecule has 0 aliphatic carbocycles. The molecule has 0 bridgehead atoms. The van der Waals surface area contributed by atoms with Gasteiger partial charge in [0.2, 0.25) is 5.75 Å². The summed E-state index contributed by atoms with van der Waals surface area (Å²) in [5.74, 6) is 2.10. The SMILES string of the molecule is COc1cc(CN2C[C@@H]3CCCN3C[C@H]2Cc2ccccc2)cc(OC)c1OC. The molecule has 0 unspecified atom stereocenters. The summed E-state index contributed by atoms with van der Waals surface area (Å²) in [5, 5.41) is 0. The molecule has 4 rings (SSSR count). The molecule has 2 saturated heterocycles. The Morgan fingerprint density at radius 2 is 1.62 bits per heavy atom. The van der Waals surface area contributed by atoms with Crippen molar-refractivity contribution in [3.63, 3.8) is 0 Å². The zero-order chi connectivity index (χ0) is 20.2. The highest BCUT2D eigenvalue weighted by Crippen LogP contribution is 2.39. The number of methoxy groups -OCH3 is 3. The second kappa shape index (κ2) is 9.06. The number of nitrogens with zero attached hydrogens (tertiary/aromatic N) is 2. The van der Waals surface area contributed by atoms with Crippen LogP contribution in [0.3, 0.4) is 0 Å². The van der Waals surface area contributed by atoms with Crippen molar-refractivity contribution in [2.45, 2.75) is 37.9 Å². The molecule has 5 nitrogen and oxygen atoms in total. The van der Waals surface area contributed by atoms with Crippen LogP contribution in [-0.4, -0.2) is 62.8 Å². The van der Waals surface area contributed by atoms with Crippen LogP contribution in [0.25, 0.3) is 0 Å². The predicted molar refractivity (Wildman–Crippen MR) is 115 cm³/mol. The van der Waals surface area contributed by atoms with E-state index in [1.54, 1.807) is 21.3 Å². The van der Waals surface area contributed by atoms with Crippen LogP contribution in [0.2, 0.25) is 0 Å². The highest BCUT2D eigenvalue weighted by Gasteiger charge is 2.36. The van der Waals surface area contributed by atoms with Crippen molar-refractivity contribution >= 4 is 0 Å². The van der Waals surface area contributed by atoms with E-state index in [2.05, 4.69) is 52.3 Å². The van der Waals surface area contributed by atoms with Gasteiger partial charge in [-0.25, -0.2) is 0 Å². The van der Waals surface area contributed by atoms with Gasteiger partial charge >= 0.3 is 0 Å². The lowest BCUT2D eigenvalue weighted by Crippen LogP contribution is -2.56. The number of benzene rings is 2. The molecule has 2 aliphatic heterocycles. The molecule has 29 heavy (non-hydrogen) atoms. The molecule has 2 atom stereocenters. The average Bonchev–Trinajstić information content (AvgIpc) is 3.21. The van der Waals surface area contributed by atoms with E-state index < -0.39 is 0 Å². The first kappa shape index (κ1) is 20.0. The molecule has 2 fully saturated rings. The van der Waals surface area contributed by atoms with Crippen LogP contribution in [0.5, 0.6) is 17.2 Å². The standard InChI is InChI=1S/C24H32N2O3/c1-27-22-13-19(14-23(28-2)24(22)29-3)15-26-16-20-10-7-11-25(20)17-21(26)12-18-8-5-4-6-9-18/h4-6,8-9,13-14,20-21H,7,10-12,15-17H2,1-3H3/t20-,21+/m0/s1. The van der Waals surface area contributed by atoms with Crippen molar-refractivity contribution in [3.05, 3.63) is 53.6 Å². The second-order valence-electron chi connectivity index (χ2n) is 8.10. The summed E-state index contributed by atoms with van der Waals surface area (Å²) < 4.78 is 16.6. The quantitative estimate of drug-likeness (QED) is 0.714. The van der Waals surface area contributed by atoms with Crippen LogP contribution in [0.4, 0.5) is 0 Å². The van der Waals surface area contributed by atoms with Gasteiger partial charge in [-0.05, 0) is 49.1 Å². The molecular formula is C24H32N2O3. The summed E-state index contributed by atoms with van der Waals surface area (Å²) >= 11 is 0. The molecule has 156 valence electrons. The number of piperazine rings is 1. The Kier molecular flexibility index (Phi) is 6.26. The molecule has 0 aromatic heterocycles. The molecule has 0 radical (unpaired) electrons. The smallest absolute Gasteiger partial charge is 0.203 e. The Labute approximate surface area is 174 Å². The topological polar surface area (TPSA) is 34.2 Å². The van der Waals surface area contributed by atoms with Crippen molar-refractivity contribution in [2.24, 2.45) is 0 Å².